The lowest BCUT2D eigenvalue weighted by molar-refractivity contribution is -0.923. The fourth-order valence-electron chi connectivity index (χ4n) is 6.42. The number of hydrogen-bond acceptors (Lipinski definition) is 2. The number of carbonyl (C=O) groups is 1. The summed E-state index contributed by atoms with van der Waals surface area (Å²) in [6.07, 6.45) is 28.8. The van der Waals surface area contributed by atoms with Crippen LogP contribution in [0.4, 0.5) is 0 Å². The Morgan fingerprint density at radius 3 is 1.39 bits per heavy atom. The van der Waals surface area contributed by atoms with Crippen LogP contribution in [0.3, 0.4) is 0 Å². The Labute approximate surface area is 207 Å². The predicted molar refractivity (Wildman–Crippen MR) is 141 cm³/mol. The smallest absolute Gasteiger partial charge is 0.141 e. The van der Waals surface area contributed by atoms with Gasteiger partial charge in [0.25, 0.3) is 0 Å². The highest BCUT2D eigenvalue weighted by Gasteiger charge is 2.57. The van der Waals surface area contributed by atoms with Crippen LogP contribution in [0.2, 0.25) is 0 Å². The number of hydrogen-bond donors (Lipinski definition) is 0. The highest BCUT2D eigenvalue weighted by molar-refractivity contribution is 5.76. The molecule has 0 amide bonds. The Morgan fingerprint density at radius 1 is 0.697 bits per heavy atom. The predicted octanol–water partition coefficient (Wildman–Crippen LogP) is 7.80. The van der Waals surface area contributed by atoms with E-state index in [0.29, 0.717) is 4.48 Å². The lowest BCUT2D eigenvalue weighted by Gasteiger charge is -2.57. The number of unbranched alkanes of at least 4 members (excludes halogenated alkanes) is 15. The first-order valence-electron chi connectivity index (χ1n) is 14.7. The van der Waals surface area contributed by atoms with E-state index >= 15 is 0 Å². The van der Waals surface area contributed by atoms with E-state index in [1.54, 1.807) is 0 Å². The van der Waals surface area contributed by atoms with Gasteiger partial charge in [-0.1, -0.05) is 129 Å². The molecule has 1 aliphatic rings. The van der Waals surface area contributed by atoms with Crippen LogP contribution in [0.25, 0.3) is 0 Å². The van der Waals surface area contributed by atoms with Crippen LogP contribution in [0, 0.1) is 5.41 Å². The highest BCUT2D eigenvalue weighted by atomic mass is 16.4. The van der Waals surface area contributed by atoms with Crippen molar-refractivity contribution in [2.45, 2.75) is 161 Å². The summed E-state index contributed by atoms with van der Waals surface area (Å²) in [6.45, 7) is 4.26. The monoisotopic (exact) mass is 465 g/mol. The number of rotatable bonds is 20. The summed E-state index contributed by atoms with van der Waals surface area (Å²) in [6, 6.07) is 0. The van der Waals surface area contributed by atoms with E-state index in [-0.39, 0.29) is 5.41 Å². The molecular weight excluding hydrogens is 406 g/mol. The zero-order chi connectivity index (χ0) is 24.6. The normalized spacial score (nSPS) is 18.2. The van der Waals surface area contributed by atoms with E-state index in [0.717, 1.165) is 19.3 Å². The molecule has 1 saturated carbocycles. The molecule has 1 rings (SSSR count). The summed E-state index contributed by atoms with van der Waals surface area (Å²) in [7, 11) is 6.12. The van der Waals surface area contributed by atoms with Crippen LogP contribution in [0.1, 0.15) is 155 Å². The Bertz CT molecular complexity index is 504. The number of carboxylic acid groups (broad SMARTS) is 1. The molecule has 33 heavy (non-hydrogen) atoms. The van der Waals surface area contributed by atoms with E-state index < -0.39 is 11.5 Å². The molecular formula is C30H59NO2. The fourth-order valence-corrected chi connectivity index (χ4v) is 6.42. The third-order valence-corrected chi connectivity index (χ3v) is 9.09. The average Bonchev–Trinajstić information content (AvgIpc) is 2.78. The largest absolute Gasteiger partial charge is 0.544 e. The van der Waals surface area contributed by atoms with Gasteiger partial charge in [0.2, 0.25) is 0 Å². The molecule has 0 bridgehead atoms. The molecule has 0 aromatic rings. The zero-order valence-corrected chi connectivity index (χ0v) is 23.3. The number of quaternary nitrogens is 1. The summed E-state index contributed by atoms with van der Waals surface area (Å²) < 4.78 is 0.453. The topological polar surface area (TPSA) is 40.1 Å². The van der Waals surface area contributed by atoms with Crippen molar-refractivity contribution in [1.29, 1.82) is 0 Å². The van der Waals surface area contributed by atoms with Crippen LogP contribution < -0.4 is 5.11 Å². The summed E-state index contributed by atoms with van der Waals surface area (Å²) in [5, 5.41) is 12.4. The van der Waals surface area contributed by atoms with Gasteiger partial charge in [0.1, 0.15) is 11.5 Å². The zero-order valence-electron chi connectivity index (χ0n) is 23.3. The number of carboxylic acids is 1. The Hall–Kier alpha value is -0.570. The molecule has 0 saturated heterocycles. The van der Waals surface area contributed by atoms with Gasteiger partial charge in [-0.15, -0.1) is 0 Å². The van der Waals surface area contributed by atoms with Gasteiger partial charge >= 0.3 is 0 Å². The Kier molecular flexibility index (Phi) is 14.9. The van der Waals surface area contributed by atoms with Crippen LogP contribution in [-0.4, -0.2) is 37.1 Å². The van der Waals surface area contributed by atoms with Gasteiger partial charge < -0.3 is 14.4 Å². The quantitative estimate of drug-likeness (QED) is 0.136. The second-order valence-electron chi connectivity index (χ2n) is 12.3. The Balaban J connectivity index is 2.19. The molecule has 0 aromatic heterocycles. The van der Waals surface area contributed by atoms with Crippen molar-refractivity contribution in [2.24, 2.45) is 5.41 Å². The van der Waals surface area contributed by atoms with E-state index in [1.807, 2.05) is 28.1 Å². The third-order valence-electron chi connectivity index (χ3n) is 9.09. The lowest BCUT2D eigenvalue weighted by Crippen LogP contribution is -2.72. The van der Waals surface area contributed by atoms with Gasteiger partial charge in [-0.25, -0.2) is 0 Å². The maximum Gasteiger partial charge on any atom is 0.141 e. The average molecular weight is 466 g/mol. The summed E-state index contributed by atoms with van der Waals surface area (Å²) in [5.41, 5.74) is -0.929. The van der Waals surface area contributed by atoms with E-state index in [1.165, 1.54) is 122 Å². The molecule has 0 aliphatic heterocycles. The van der Waals surface area contributed by atoms with Crippen molar-refractivity contribution in [3.63, 3.8) is 0 Å². The molecule has 196 valence electrons. The molecule has 1 unspecified atom stereocenters. The molecule has 0 spiro atoms. The van der Waals surface area contributed by atoms with Gasteiger partial charge in [-0.2, -0.15) is 0 Å². The van der Waals surface area contributed by atoms with Gasteiger partial charge in [0.05, 0.1) is 21.1 Å². The molecule has 0 aromatic carbocycles. The first-order valence-corrected chi connectivity index (χ1v) is 14.7. The van der Waals surface area contributed by atoms with Crippen LogP contribution >= 0.6 is 0 Å². The van der Waals surface area contributed by atoms with Crippen molar-refractivity contribution in [3.8, 4) is 0 Å². The molecule has 0 heterocycles. The van der Waals surface area contributed by atoms with Crippen molar-refractivity contribution < 1.29 is 14.4 Å². The van der Waals surface area contributed by atoms with Crippen LogP contribution in [0.15, 0.2) is 0 Å². The number of carbonyl (C=O) groups excluding carboxylic acids is 1. The molecule has 3 nitrogen and oxygen atoms in total. The minimum atomic E-state index is -0.853. The summed E-state index contributed by atoms with van der Waals surface area (Å²) in [5.74, 6) is -0.853. The van der Waals surface area contributed by atoms with Crippen molar-refractivity contribution in [2.75, 3.05) is 21.1 Å². The molecule has 0 N–H and O–H groups in total. The maximum atomic E-state index is 12.4. The molecule has 1 atom stereocenters. The van der Waals surface area contributed by atoms with E-state index in [9.17, 15) is 9.90 Å². The van der Waals surface area contributed by atoms with Crippen LogP contribution in [-0.2, 0) is 4.79 Å². The first-order chi connectivity index (χ1) is 15.7. The standard InChI is InChI=1S/C30H59NO2/c1-6-7-8-9-10-11-12-13-14-15-16-17-18-19-20-22-25-30(26-23-21-24-27-30)29(2,28(32)33)31(3,4)5/h6-27H2,1-5H3. The minimum Gasteiger partial charge on any atom is -0.544 e. The lowest BCUT2D eigenvalue weighted by atomic mass is 9.58. The molecule has 3 heteroatoms. The third kappa shape index (κ3) is 9.90. The van der Waals surface area contributed by atoms with Crippen molar-refractivity contribution in [3.05, 3.63) is 0 Å². The minimum absolute atomic E-state index is 0.113. The first kappa shape index (κ1) is 30.5. The summed E-state index contributed by atoms with van der Waals surface area (Å²) >= 11 is 0. The molecule has 0 radical (unpaired) electrons. The second kappa shape index (κ2) is 16.2. The maximum absolute atomic E-state index is 12.4. The number of nitrogens with zero attached hydrogens (tertiary/aromatic N) is 1. The number of aliphatic carboxylic acids is 1. The molecule has 1 aliphatic carbocycles. The van der Waals surface area contributed by atoms with E-state index in [2.05, 4.69) is 6.92 Å². The summed E-state index contributed by atoms with van der Waals surface area (Å²) in [4.78, 5) is 12.4. The second-order valence-corrected chi connectivity index (χ2v) is 12.3. The van der Waals surface area contributed by atoms with Gasteiger partial charge in [-0.05, 0) is 26.2 Å². The fraction of sp³-hybridized carbons (Fsp3) is 0.967. The van der Waals surface area contributed by atoms with E-state index in [4.69, 9.17) is 0 Å². The van der Waals surface area contributed by atoms with Crippen molar-refractivity contribution >= 4 is 5.97 Å². The van der Waals surface area contributed by atoms with Gasteiger partial charge in [0, 0.05) is 5.41 Å². The molecule has 1 fully saturated rings. The highest BCUT2D eigenvalue weighted by Crippen LogP contribution is 2.52. The number of likely N-dealkylation sites (N-methyl/N-ethyl adjacent to an activating group) is 1. The van der Waals surface area contributed by atoms with Crippen LogP contribution in [0.5, 0.6) is 0 Å². The van der Waals surface area contributed by atoms with Gasteiger partial charge in [-0.3, -0.25) is 0 Å². The SMILES string of the molecule is CCCCCCCCCCCCCCCCCCC1(C(C)(C(=O)[O-])[N+](C)(C)C)CCCCC1. The van der Waals surface area contributed by atoms with Gasteiger partial charge in [0.15, 0.2) is 0 Å². The Morgan fingerprint density at radius 2 is 1.06 bits per heavy atom. The van der Waals surface area contributed by atoms with Crippen molar-refractivity contribution in [1.82, 2.24) is 0 Å².